The van der Waals surface area contributed by atoms with Crippen molar-refractivity contribution in [2.45, 2.75) is 0 Å². The van der Waals surface area contributed by atoms with Crippen LogP contribution < -0.4 is 4.90 Å². The molecule has 0 radical (unpaired) electrons. The highest BCUT2D eigenvalue weighted by atomic mass is 35.5. The van der Waals surface area contributed by atoms with E-state index >= 15 is 0 Å². The first kappa shape index (κ1) is 15.2. The lowest BCUT2D eigenvalue weighted by Gasteiger charge is -2.19. The van der Waals surface area contributed by atoms with Crippen LogP contribution in [0, 0.1) is 17.1 Å². The lowest BCUT2D eigenvalue weighted by Crippen LogP contribution is -2.32. The summed E-state index contributed by atoms with van der Waals surface area (Å²) >= 11 is 11.7. The number of anilines is 1. The number of carbonyl (C=O) groups excluding carboxylic acids is 1. The Labute approximate surface area is 130 Å². The minimum absolute atomic E-state index is 0.0938. The van der Waals surface area contributed by atoms with Gasteiger partial charge in [-0.25, -0.2) is 9.37 Å². The predicted molar refractivity (Wildman–Crippen MR) is 77.9 cm³/mol. The van der Waals surface area contributed by atoms with Gasteiger partial charge in [-0.1, -0.05) is 29.3 Å². The van der Waals surface area contributed by atoms with Crippen molar-refractivity contribution in [2.75, 3.05) is 11.4 Å². The lowest BCUT2D eigenvalue weighted by atomic mass is 10.2. The molecule has 0 saturated carbocycles. The molecule has 0 N–H and O–H groups in total. The fourth-order valence-corrected chi connectivity index (χ4v) is 2.02. The Morgan fingerprint density at radius 3 is 2.76 bits per heavy atom. The van der Waals surface area contributed by atoms with E-state index < -0.39 is 11.7 Å². The van der Waals surface area contributed by atoms with Crippen molar-refractivity contribution >= 4 is 34.8 Å². The van der Waals surface area contributed by atoms with Crippen LogP contribution in [-0.4, -0.2) is 17.4 Å². The fraction of sp³-hybridized carbons (Fsp3) is 0.0714. The van der Waals surface area contributed by atoms with Crippen LogP contribution in [0.2, 0.25) is 10.2 Å². The van der Waals surface area contributed by atoms with Crippen LogP contribution >= 0.6 is 23.2 Å². The smallest absolute Gasteiger partial charge is 0.279 e. The van der Waals surface area contributed by atoms with E-state index in [0.29, 0.717) is 0 Å². The lowest BCUT2D eigenvalue weighted by molar-refractivity contribution is 0.0985. The number of benzene rings is 1. The predicted octanol–water partition coefficient (Wildman–Crippen LogP) is 3.70. The molecule has 1 aromatic carbocycles. The van der Waals surface area contributed by atoms with Crippen LogP contribution in [0.4, 0.5) is 10.1 Å². The van der Waals surface area contributed by atoms with Gasteiger partial charge in [0, 0.05) is 5.69 Å². The molecule has 0 saturated heterocycles. The van der Waals surface area contributed by atoms with Gasteiger partial charge in [0.1, 0.15) is 23.2 Å². The molecule has 0 fully saturated rings. The Kier molecular flexibility index (Phi) is 4.73. The van der Waals surface area contributed by atoms with E-state index in [2.05, 4.69) is 4.98 Å². The largest absolute Gasteiger partial charge is 0.293 e. The van der Waals surface area contributed by atoms with Gasteiger partial charge in [0.05, 0.1) is 11.1 Å². The summed E-state index contributed by atoms with van der Waals surface area (Å²) in [6, 6.07) is 10.1. The third kappa shape index (κ3) is 3.48. The number of hydrogen-bond donors (Lipinski definition) is 0. The van der Waals surface area contributed by atoms with E-state index in [1.165, 1.54) is 30.3 Å². The monoisotopic (exact) mass is 323 g/mol. The molecule has 21 heavy (non-hydrogen) atoms. The summed E-state index contributed by atoms with van der Waals surface area (Å²) < 4.78 is 13.3. The molecule has 0 aliphatic heterocycles. The Morgan fingerprint density at radius 2 is 2.10 bits per heavy atom. The van der Waals surface area contributed by atoms with Gasteiger partial charge in [-0.15, -0.1) is 0 Å². The molecule has 1 amide bonds. The molecule has 0 unspecified atom stereocenters. The molecular formula is C14H8Cl2FN3O. The highest BCUT2D eigenvalue weighted by Crippen LogP contribution is 2.22. The minimum Gasteiger partial charge on any atom is -0.293 e. The molecule has 0 aliphatic carbocycles. The van der Waals surface area contributed by atoms with Crippen LogP contribution in [0.25, 0.3) is 0 Å². The van der Waals surface area contributed by atoms with Crippen molar-refractivity contribution in [1.82, 2.24) is 4.98 Å². The average molecular weight is 324 g/mol. The summed E-state index contributed by atoms with van der Waals surface area (Å²) in [6.45, 7) is -0.271. The molecule has 7 heteroatoms. The van der Waals surface area contributed by atoms with Crippen LogP contribution in [0.15, 0.2) is 36.4 Å². The van der Waals surface area contributed by atoms with Crippen molar-refractivity contribution in [3.63, 3.8) is 0 Å². The molecule has 0 bridgehead atoms. The van der Waals surface area contributed by atoms with Crippen LogP contribution in [-0.2, 0) is 0 Å². The maximum atomic E-state index is 13.3. The standard InChI is InChI=1S/C14H8Cl2FN3O/c15-11-4-5-12(16)19-13(11)14(21)20(7-6-18)10-3-1-2-9(17)8-10/h1-5,8H,7H2. The summed E-state index contributed by atoms with van der Waals surface area (Å²) in [4.78, 5) is 17.4. The highest BCUT2D eigenvalue weighted by molar-refractivity contribution is 6.35. The van der Waals surface area contributed by atoms with E-state index in [0.717, 1.165) is 11.0 Å². The third-order valence-electron chi connectivity index (χ3n) is 2.61. The van der Waals surface area contributed by atoms with Crippen molar-refractivity contribution < 1.29 is 9.18 Å². The number of hydrogen-bond acceptors (Lipinski definition) is 3. The second kappa shape index (κ2) is 6.53. The number of nitriles is 1. The first-order valence-corrected chi connectivity index (χ1v) is 6.55. The maximum Gasteiger partial charge on any atom is 0.279 e. The molecule has 0 aliphatic rings. The number of carbonyl (C=O) groups is 1. The normalized spacial score (nSPS) is 10.0. The summed E-state index contributed by atoms with van der Waals surface area (Å²) in [5.74, 6) is -1.15. The van der Waals surface area contributed by atoms with Gasteiger partial charge < -0.3 is 0 Å². The van der Waals surface area contributed by atoms with Gasteiger partial charge in [0.15, 0.2) is 0 Å². The molecule has 106 valence electrons. The van der Waals surface area contributed by atoms with Crippen molar-refractivity contribution in [2.24, 2.45) is 0 Å². The van der Waals surface area contributed by atoms with E-state index in [9.17, 15) is 9.18 Å². The quantitative estimate of drug-likeness (QED) is 0.639. The van der Waals surface area contributed by atoms with Gasteiger partial charge in [0.25, 0.3) is 5.91 Å². The zero-order valence-corrected chi connectivity index (χ0v) is 12.1. The average Bonchev–Trinajstić information content (AvgIpc) is 2.46. The van der Waals surface area contributed by atoms with Crippen LogP contribution in [0.3, 0.4) is 0 Å². The molecular weight excluding hydrogens is 316 g/mol. The Morgan fingerprint density at radius 1 is 1.33 bits per heavy atom. The van der Waals surface area contributed by atoms with Gasteiger partial charge in [-0.3, -0.25) is 9.69 Å². The molecule has 2 aromatic rings. The van der Waals surface area contributed by atoms with Crippen molar-refractivity contribution in [1.29, 1.82) is 5.26 Å². The number of pyridine rings is 1. The first-order valence-electron chi connectivity index (χ1n) is 5.79. The Hall–Kier alpha value is -2.16. The number of rotatable bonds is 3. The Balaban J connectivity index is 2.45. The van der Waals surface area contributed by atoms with Gasteiger partial charge in [0.2, 0.25) is 0 Å². The van der Waals surface area contributed by atoms with Gasteiger partial charge in [-0.2, -0.15) is 5.26 Å². The van der Waals surface area contributed by atoms with E-state index in [1.807, 2.05) is 6.07 Å². The van der Waals surface area contributed by atoms with Crippen molar-refractivity contribution in [3.8, 4) is 6.07 Å². The van der Waals surface area contributed by atoms with E-state index in [4.69, 9.17) is 28.5 Å². The zero-order chi connectivity index (χ0) is 15.4. The van der Waals surface area contributed by atoms with E-state index in [-0.39, 0.29) is 28.1 Å². The first-order chi connectivity index (χ1) is 10.0. The summed E-state index contributed by atoms with van der Waals surface area (Å²) in [6.07, 6.45) is 0. The Bertz CT molecular complexity index is 730. The zero-order valence-electron chi connectivity index (χ0n) is 10.6. The molecule has 2 rings (SSSR count). The number of aromatic nitrogens is 1. The molecule has 0 spiro atoms. The number of nitrogens with zero attached hydrogens (tertiary/aromatic N) is 3. The number of amides is 1. The minimum atomic E-state index is -0.630. The van der Waals surface area contributed by atoms with E-state index in [1.54, 1.807) is 0 Å². The highest BCUT2D eigenvalue weighted by Gasteiger charge is 2.22. The van der Waals surface area contributed by atoms with Gasteiger partial charge in [-0.05, 0) is 30.3 Å². The van der Waals surface area contributed by atoms with Gasteiger partial charge >= 0.3 is 0 Å². The molecule has 1 heterocycles. The molecule has 0 atom stereocenters. The second-order valence-corrected chi connectivity index (χ2v) is 4.79. The summed E-state index contributed by atoms with van der Waals surface area (Å²) in [5.41, 5.74) is 0.142. The number of halogens is 3. The SMILES string of the molecule is N#CCN(C(=O)c1nc(Cl)ccc1Cl)c1cccc(F)c1. The third-order valence-corrected chi connectivity index (χ3v) is 3.12. The maximum absolute atomic E-state index is 13.3. The second-order valence-electron chi connectivity index (χ2n) is 3.99. The topological polar surface area (TPSA) is 57.0 Å². The van der Waals surface area contributed by atoms with Crippen LogP contribution in [0.1, 0.15) is 10.5 Å². The molecule has 1 aromatic heterocycles. The van der Waals surface area contributed by atoms with Crippen LogP contribution in [0.5, 0.6) is 0 Å². The summed E-state index contributed by atoms with van der Waals surface area (Å²) in [5, 5.41) is 9.07. The molecule has 4 nitrogen and oxygen atoms in total. The summed E-state index contributed by atoms with van der Waals surface area (Å²) in [7, 11) is 0. The van der Waals surface area contributed by atoms with Crippen molar-refractivity contribution in [3.05, 3.63) is 58.1 Å². The fourth-order valence-electron chi connectivity index (χ4n) is 1.69.